The summed E-state index contributed by atoms with van der Waals surface area (Å²) in [6, 6.07) is 9.73. The van der Waals surface area contributed by atoms with Crippen molar-refractivity contribution in [2.24, 2.45) is 0 Å². The van der Waals surface area contributed by atoms with Crippen molar-refractivity contribution in [3.8, 4) is 11.5 Å². The van der Waals surface area contributed by atoms with Crippen molar-refractivity contribution in [3.63, 3.8) is 0 Å². The molecule has 12 nitrogen and oxygen atoms in total. The van der Waals surface area contributed by atoms with E-state index in [4.69, 9.17) is 12.2 Å². The van der Waals surface area contributed by atoms with Gasteiger partial charge in [-0.15, -0.1) is 0 Å². The van der Waals surface area contributed by atoms with Crippen LogP contribution in [0.4, 0.5) is 11.5 Å². The number of benzene rings is 2. The van der Waals surface area contributed by atoms with E-state index in [9.17, 15) is 18.6 Å². The van der Waals surface area contributed by atoms with E-state index >= 15 is 0 Å². The Kier molecular flexibility index (Phi) is 6.86. The molecule has 0 radical (unpaired) electrons. The number of phenolic OH excluding ortho intramolecular Hbond substituents is 2. The molecule has 2 aliphatic rings. The minimum Gasteiger partial charge on any atom is -0.504 e. The van der Waals surface area contributed by atoms with Crippen LogP contribution in [0.3, 0.4) is 0 Å². The number of piperazine rings is 2. The number of sulfonamides is 1. The molecule has 4 N–H and O–H groups in total. The second-order valence-corrected chi connectivity index (χ2v) is 12.4. The average molecular weight is 583 g/mol. The van der Waals surface area contributed by atoms with Crippen LogP contribution in [0.2, 0.25) is 0 Å². The molecule has 6 rings (SSSR count). The van der Waals surface area contributed by atoms with E-state index in [1.807, 2.05) is 7.05 Å². The molecule has 0 unspecified atom stereocenters. The number of nitrogens with zero attached hydrogens (tertiary/aromatic N) is 6. The van der Waals surface area contributed by atoms with Crippen LogP contribution in [-0.2, 0) is 10.0 Å². The maximum Gasteiger partial charge on any atom is 0.243 e. The standard InChI is InChI=1S/C26H30N8O4S2/c1-31-6-12-34(13-7-31)40(37,38)18-4-2-17(3-5-18)29-26(39)33-10-8-32(9-11-33)25-23-19-14-21(35)22(36)15-20(19)30-24(23)27-16-28-25/h2-5,14-16,35-36H,6-13H2,1H3,(H,29,39)(H,27,28,30). The number of aromatic hydroxyl groups is 2. The first-order chi connectivity index (χ1) is 19.2. The fraction of sp³-hybridized carbons (Fsp3) is 0.346. The molecule has 0 spiro atoms. The monoisotopic (exact) mass is 582 g/mol. The molecule has 2 aromatic carbocycles. The van der Waals surface area contributed by atoms with Crippen molar-refractivity contribution < 1.29 is 18.6 Å². The Labute approximate surface area is 236 Å². The van der Waals surface area contributed by atoms with Gasteiger partial charge >= 0.3 is 0 Å². The molecule has 2 fully saturated rings. The van der Waals surface area contributed by atoms with E-state index in [0.29, 0.717) is 55.5 Å². The van der Waals surface area contributed by atoms with Crippen LogP contribution in [0, 0.1) is 0 Å². The zero-order valence-electron chi connectivity index (χ0n) is 21.9. The van der Waals surface area contributed by atoms with E-state index in [-0.39, 0.29) is 16.4 Å². The van der Waals surface area contributed by atoms with Gasteiger partial charge < -0.3 is 35.2 Å². The van der Waals surface area contributed by atoms with Crippen molar-refractivity contribution in [2.75, 3.05) is 69.6 Å². The van der Waals surface area contributed by atoms with E-state index in [2.05, 4.69) is 35.0 Å². The number of aromatic nitrogens is 3. The highest BCUT2D eigenvalue weighted by Crippen LogP contribution is 2.37. The van der Waals surface area contributed by atoms with Gasteiger partial charge in [-0.05, 0) is 49.6 Å². The smallest absolute Gasteiger partial charge is 0.243 e. The Hall–Kier alpha value is -3.72. The first kappa shape index (κ1) is 26.5. The molecule has 0 amide bonds. The highest BCUT2D eigenvalue weighted by atomic mass is 32.2. The fourth-order valence-electron chi connectivity index (χ4n) is 5.19. The molecule has 0 aliphatic carbocycles. The average Bonchev–Trinajstić information content (AvgIpc) is 3.31. The lowest BCUT2D eigenvalue weighted by Crippen LogP contribution is -2.50. The van der Waals surface area contributed by atoms with Crippen LogP contribution in [0.5, 0.6) is 11.5 Å². The summed E-state index contributed by atoms with van der Waals surface area (Å²) in [5, 5.41) is 25.3. The van der Waals surface area contributed by atoms with Crippen molar-refractivity contribution >= 4 is 60.8 Å². The minimum absolute atomic E-state index is 0.200. The molecular weight excluding hydrogens is 552 g/mol. The van der Waals surface area contributed by atoms with Gasteiger partial charge in [0.1, 0.15) is 17.8 Å². The molecule has 2 aromatic heterocycles. The number of thiocarbonyl (C=S) groups is 1. The minimum atomic E-state index is -3.52. The van der Waals surface area contributed by atoms with Crippen molar-refractivity contribution in [2.45, 2.75) is 4.90 Å². The molecule has 0 saturated carbocycles. The van der Waals surface area contributed by atoms with Crippen molar-refractivity contribution in [1.82, 2.24) is 29.1 Å². The summed E-state index contributed by atoms with van der Waals surface area (Å²) in [4.78, 5) is 18.7. The van der Waals surface area contributed by atoms with E-state index in [1.165, 1.54) is 22.8 Å². The molecule has 40 heavy (non-hydrogen) atoms. The highest BCUT2D eigenvalue weighted by molar-refractivity contribution is 7.89. The van der Waals surface area contributed by atoms with Gasteiger partial charge in [-0.3, -0.25) is 0 Å². The first-order valence-corrected chi connectivity index (χ1v) is 14.8. The topological polar surface area (TPSA) is 141 Å². The number of H-pyrrole nitrogens is 1. The van der Waals surface area contributed by atoms with E-state index < -0.39 is 10.0 Å². The zero-order valence-corrected chi connectivity index (χ0v) is 23.5. The van der Waals surface area contributed by atoms with Crippen LogP contribution in [-0.4, -0.2) is 112 Å². The summed E-state index contributed by atoms with van der Waals surface area (Å²) in [6.07, 6.45) is 1.50. The maximum atomic E-state index is 13.0. The number of anilines is 2. The molecule has 4 heterocycles. The first-order valence-electron chi connectivity index (χ1n) is 13.0. The molecule has 210 valence electrons. The quantitative estimate of drug-likeness (QED) is 0.207. The molecule has 14 heteroatoms. The van der Waals surface area contributed by atoms with Gasteiger partial charge in [0, 0.05) is 69.5 Å². The Morgan fingerprint density at radius 3 is 2.33 bits per heavy atom. The Balaban J connectivity index is 1.11. The van der Waals surface area contributed by atoms with Gasteiger partial charge in [-0.25, -0.2) is 18.4 Å². The number of hydrogen-bond donors (Lipinski definition) is 4. The van der Waals surface area contributed by atoms with E-state index in [1.54, 1.807) is 24.3 Å². The lowest BCUT2D eigenvalue weighted by Gasteiger charge is -2.37. The Morgan fingerprint density at radius 1 is 0.950 bits per heavy atom. The second-order valence-electron chi connectivity index (χ2n) is 10.1. The van der Waals surface area contributed by atoms with Crippen LogP contribution >= 0.6 is 12.2 Å². The second kappa shape index (κ2) is 10.4. The van der Waals surface area contributed by atoms with Gasteiger partial charge in [-0.2, -0.15) is 4.31 Å². The van der Waals surface area contributed by atoms with Gasteiger partial charge in [0.15, 0.2) is 16.6 Å². The summed E-state index contributed by atoms with van der Waals surface area (Å²) in [6.45, 7) is 5.05. The Bertz CT molecular complexity index is 1680. The summed E-state index contributed by atoms with van der Waals surface area (Å²) in [7, 11) is -1.53. The molecular formula is C26H30N8O4S2. The van der Waals surface area contributed by atoms with Crippen molar-refractivity contribution in [3.05, 3.63) is 42.7 Å². The van der Waals surface area contributed by atoms with E-state index in [0.717, 1.165) is 35.4 Å². The largest absolute Gasteiger partial charge is 0.504 e. The van der Waals surface area contributed by atoms with Crippen LogP contribution < -0.4 is 10.2 Å². The summed E-state index contributed by atoms with van der Waals surface area (Å²) in [5.74, 6) is 0.348. The number of nitrogens with one attached hydrogen (secondary N) is 2. The van der Waals surface area contributed by atoms with Gasteiger partial charge in [0.2, 0.25) is 10.0 Å². The molecule has 4 aromatic rings. The molecule has 0 atom stereocenters. The zero-order chi connectivity index (χ0) is 28.0. The normalized spacial score (nSPS) is 17.5. The third kappa shape index (κ3) is 4.87. The predicted molar refractivity (Wildman–Crippen MR) is 157 cm³/mol. The van der Waals surface area contributed by atoms with Gasteiger partial charge in [0.25, 0.3) is 0 Å². The number of hydrogen-bond acceptors (Lipinski definition) is 9. The predicted octanol–water partition coefficient (Wildman–Crippen LogP) is 1.98. The lowest BCUT2D eigenvalue weighted by atomic mass is 10.1. The number of fused-ring (bicyclic) bond motifs is 3. The number of aromatic amines is 1. The molecule has 0 bridgehead atoms. The maximum absolute atomic E-state index is 13.0. The van der Waals surface area contributed by atoms with Crippen LogP contribution in [0.1, 0.15) is 0 Å². The molecule has 2 aliphatic heterocycles. The summed E-state index contributed by atoms with van der Waals surface area (Å²) >= 11 is 5.67. The summed E-state index contributed by atoms with van der Waals surface area (Å²) < 4.78 is 27.5. The number of rotatable bonds is 4. The number of phenols is 2. The van der Waals surface area contributed by atoms with Crippen LogP contribution in [0.15, 0.2) is 47.6 Å². The highest BCUT2D eigenvalue weighted by Gasteiger charge is 2.28. The Morgan fingerprint density at radius 2 is 1.62 bits per heavy atom. The summed E-state index contributed by atoms with van der Waals surface area (Å²) in [5.41, 5.74) is 2.02. The van der Waals surface area contributed by atoms with Crippen molar-refractivity contribution in [1.29, 1.82) is 0 Å². The third-order valence-corrected chi connectivity index (χ3v) is 9.81. The number of likely N-dealkylation sites (N-methyl/N-ethyl adjacent to an activating group) is 1. The van der Waals surface area contributed by atoms with Gasteiger partial charge in [0.05, 0.1) is 15.8 Å². The molecule has 2 saturated heterocycles. The third-order valence-electron chi connectivity index (χ3n) is 7.54. The van der Waals surface area contributed by atoms with Gasteiger partial charge in [-0.1, -0.05) is 0 Å². The van der Waals surface area contributed by atoms with Crippen LogP contribution in [0.25, 0.3) is 21.9 Å². The fourth-order valence-corrected chi connectivity index (χ4v) is 6.91. The lowest BCUT2D eigenvalue weighted by molar-refractivity contribution is 0.222. The SMILES string of the molecule is CN1CCN(S(=O)(=O)c2ccc(NC(=S)N3CCN(c4ncnc5[nH]c6cc(O)c(O)cc6c45)CC3)cc2)CC1.